The van der Waals surface area contributed by atoms with Gasteiger partial charge in [0.25, 0.3) is 0 Å². The van der Waals surface area contributed by atoms with Gasteiger partial charge in [-0.1, -0.05) is 145 Å². The molecule has 0 unspecified atom stereocenters. The van der Waals surface area contributed by atoms with Crippen molar-refractivity contribution in [3.05, 3.63) is 152 Å². The molecule has 2 aromatic heterocycles. The van der Waals surface area contributed by atoms with Gasteiger partial charge in [0.2, 0.25) is 0 Å². The molecule has 0 fully saturated rings. The summed E-state index contributed by atoms with van der Waals surface area (Å²) >= 11 is 0. The summed E-state index contributed by atoms with van der Waals surface area (Å²) in [5.74, 6) is 1.68. The van der Waals surface area contributed by atoms with Crippen molar-refractivity contribution in [3.8, 4) is 56.4 Å². The first-order valence-corrected chi connectivity index (χ1v) is 13.9. The molecule has 0 saturated heterocycles. The molecule has 0 saturated carbocycles. The van der Waals surface area contributed by atoms with Gasteiger partial charge in [-0.05, 0) is 22.8 Å². The van der Waals surface area contributed by atoms with E-state index in [1.54, 1.807) is 12.1 Å². The number of fused-ring (bicyclic) bond motifs is 3. The minimum Gasteiger partial charge on any atom is -0.455 e. The quantitative estimate of drug-likeness (QED) is 0.212. The van der Waals surface area contributed by atoms with Gasteiger partial charge in [0, 0.05) is 33.0 Å². The van der Waals surface area contributed by atoms with Crippen molar-refractivity contribution in [3.63, 3.8) is 0 Å². The normalized spacial score (nSPS) is 12.9. The molecule has 2 heterocycles. The SMILES string of the molecule is [2H]c1c([2H])c([2H])c(-c2ccc(-c3cccc4c3oc3cccc(-c5nc(-c6ccccc6)nc(-c6ccccc6)n5)c34)cc2)c([2H])c1[2H]. The van der Waals surface area contributed by atoms with Crippen LogP contribution in [0.25, 0.3) is 78.4 Å². The molecule has 0 bridgehead atoms. The van der Waals surface area contributed by atoms with Gasteiger partial charge < -0.3 is 4.42 Å². The van der Waals surface area contributed by atoms with Crippen LogP contribution in [0.5, 0.6) is 0 Å². The maximum absolute atomic E-state index is 8.37. The monoisotopic (exact) mass is 556 g/mol. The van der Waals surface area contributed by atoms with Crippen LogP contribution in [0.3, 0.4) is 0 Å². The van der Waals surface area contributed by atoms with Gasteiger partial charge >= 0.3 is 0 Å². The van der Waals surface area contributed by atoms with Crippen LogP contribution in [0.4, 0.5) is 0 Å². The van der Waals surface area contributed by atoms with Gasteiger partial charge in [-0.2, -0.15) is 0 Å². The van der Waals surface area contributed by atoms with Crippen LogP contribution in [0.2, 0.25) is 0 Å². The number of hydrogen-bond donors (Lipinski definition) is 0. The molecular formula is C39H25N3O. The Balaban J connectivity index is 1.28. The Bertz CT molecular complexity index is 2410. The third-order valence-corrected chi connectivity index (χ3v) is 7.45. The highest BCUT2D eigenvalue weighted by Gasteiger charge is 2.19. The number of nitrogens with zero attached hydrogens (tertiary/aromatic N) is 3. The first-order chi connectivity index (χ1) is 23.4. The molecule has 4 heteroatoms. The average Bonchev–Trinajstić information content (AvgIpc) is 3.53. The summed E-state index contributed by atoms with van der Waals surface area (Å²) in [6.45, 7) is 0. The van der Waals surface area contributed by atoms with E-state index in [0.29, 0.717) is 34.2 Å². The van der Waals surface area contributed by atoms with Gasteiger partial charge in [-0.3, -0.25) is 0 Å². The summed E-state index contributed by atoms with van der Waals surface area (Å²) in [6, 6.07) is 37.3. The van der Waals surface area contributed by atoms with Crippen LogP contribution in [0, 0.1) is 0 Å². The molecule has 8 rings (SSSR count). The maximum atomic E-state index is 8.37. The molecule has 0 amide bonds. The van der Waals surface area contributed by atoms with E-state index in [9.17, 15) is 0 Å². The molecule has 0 aliphatic rings. The summed E-state index contributed by atoms with van der Waals surface area (Å²) < 4.78 is 47.3. The van der Waals surface area contributed by atoms with E-state index in [2.05, 4.69) is 0 Å². The molecule has 202 valence electrons. The van der Waals surface area contributed by atoms with E-state index < -0.39 is 6.04 Å². The molecule has 6 aromatic carbocycles. The Labute approximate surface area is 256 Å². The maximum Gasteiger partial charge on any atom is 0.164 e. The number of rotatable bonds is 5. The topological polar surface area (TPSA) is 51.8 Å². The second-order valence-corrected chi connectivity index (χ2v) is 10.1. The Morgan fingerprint density at radius 1 is 0.442 bits per heavy atom. The highest BCUT2D eigenvalue weighted by molar-refractivity contribution is 6.15. The molecule has 8 aromatic rings. The lowest BCUT2D eigenvalue weighted by Crippen LogP contribution is -2.00. The largest absolute Gasteiger partial charge is 0.455 e. The van der Waals surface area contributed by atoms with E-state index in [4.69, 9.17) is 26.2 Å². The summed E-state index contributed by atoms with van der Waals surface area (Å²) in [4.78, 5) is 14.7. The molecule has 0 radical (unpaired) electrons. The van der Waals surface area contributed by atoms with Crippen molar-refractivity contribution >= 4 is 21.9 Å². The first kappa shape index (κ1) is 20.1. The fourth-order valence-corrected chi connectivity index (χ4v) is 5.40. The van der Waals surface area contributed by atoms with E-state index >= 15 is 0 Å². The second-order valence-electron chi connectivity index (χ2n) is 10.1. The molecule has 0 aliphatic carbocycles. The van der Waals surface area contributed by atoms with Gasteiger partial charge in [0.05, 0.1) is 6.85 Å². The Morgan fingerprint density at radius 2 is 1.02 bits per heavy atom. The van der Waals surface area contributed by atoms with Crippen LogP contribution < -0.4 is 0 Å². The summed E-state index contributed by atoms with van der Waals surface area (Å²) in [7, 11) is 0. The van der Waals surface area contributed by atoms with Crippen molar-refractivity contribution in [2.45, 2.75) is 0 Å². The van der Waals surface area contributed by atoms with Gasteiger partial charge in [0.1, 0.15) is 11.2 Å². The summed E-state index contributed by atoms with van der Waals surface area (Å²) in [5.41, 5.74) is 6.38. The lowest BCUT2D eigenvalue weighted by Gasteiger charge is -2.09. The van der Waals surface area contributed by atoms with Gasteiger partial charge in [-0.25, -0.2) is 15.0 Å². The zero-order chi connectivity index (χ0) is 32.9. The molecule has 0 spiro atoms. The Morgan fingerprint density at radius 3 is 1.70 bits per heavy atom. The van der Waals surface area contributed by atoms with Crippen LogP contribution in [0.1, 0.15) is 6.85 Å². The number of aromatic nitrogens is 3. The van der Waals surface area contributed by atoms with Crippen molar-refractivity contribution in [1.29, 1.82) is 0 Å². The number of benzene rings is 6. The van der Waals surface area contributed by atoms with Gasteiger partial charge in [-0.15, -0.1) is 0 Å². The smallest absolute Gasteiger partial charge is 0.164 e. The Kier molecular flexibility index (Phi) is 4.91. The van der Waals surface area contributed by atoms with E-state index in [1.807, 2.05) is 109 Å². The Hall–Kier alpha value is -5.87. The number of furan rings is 1. The predicted molar refractivity (Wildman–Crippen MR) is 174 cm³/mol. The lowest BCUT2D eigenvalue weighted by atomic mass is 9.98. The summed E-state index contributed by atoms with van der Waals surface area (Å²) in [5, 5.41) is 1.78. The van der Waals surface area contributed by atoms with Crippen LogP contribution in [-0.2, 0) is 0 Å². The number of para-hydroxylation sites is 1. The fraction of sp³-hybridized carbons (Fsp3) is 0. The van der Waals surface area contributed by atoms with Crippen LogP contribution in [0.15, 0.2) is 156 Å². The first-order valence-electron chi connectivity index (χ1n) is 16.4. The molecule has 0 aliphatic heterocycles. The zero-order valence-corrected chi connectivity index (χ0v) is 22.8. The average molecular weight is 557 g/mol. The highest BCUT2D eigenvalue weighted by atomic mass is 16.3. The van der Waals surface area contributed by atoms with E-state index in [-0.39, 0.29) is 29.7 Å². The number of hydrogen-bond acceptors (Lipinski definition) is 4. The highest BCUT2D eigenvalue weighted by Crippen LogP contribution is 2.40. The van der Waals surface area contributed by atoms with Crippen molar-refractivity contribution in [2.75, 3.05) is 0 Å². The molecule has 4 nitrogen and oxygen atoms in total. The molecule has 43 heavy (non-hydrogen) atoms. The third-order valence-electron chi connectivity index (χ3n) is 7.45. The van der Waals surface area contributed by atoms with Crippen LogP contribution in [-0.4, -0.2) is 15.0 Å². The minimum atomic E-state index is -0.411. The van der Waals surface area contributed by atoms with E-state index in [0.717, 1.165) is 38.6 Å². The minimum absolute atomic E-state index is 0.168. The van der Waals surface area contributed by atoms with Crippen molar-refractivity contribution in [2.24, 2.45) is 0 Å². The molecular weight excluding hydrogens is 526 g/mol. The summed E-state index contributed by atoms with van der Waals surface area (Å²) in [6.07, 6.45) is 0. The lowest BCUT2D eigenvalue weighted by molar-refractivity contribution is 0.670. The van der Waals surface area contributed by atoms with Crippen molar-refractivity contribution < 1.29 is 11.3 Å². The third kappa shape index (κ3) is 4.55. The standard InChI is InChI=1S/C39H25N3O/c1-4-12-26(13-5-1)27-22-24-28(25-23-27)31-18-10-19-32-35-33(20-11-21-34(35)43-36(31)32)39-41-37(29-14-6-2-7-15-29)40-38(42-39)30-16-8-3-9-17-30/h1-25H/i1D,4D,5D,12D,13D. The van der Waals surface area contributed by atoms with Crippen molar-refractivity contribution in [1.82, 2.24) is 15.0 Å². The second kappa shape index (κ2) is 10.5. The van der Waals surface area contributed by atoms with Crippen LogP contribution >= 0.6 is 0 Å². The fourth-order valence-electron chi connectivity index (χ4n) is 5.40. The van der Waals surface area contributed by atoms with Gasteiger partial charge in [0.15, 0.2) is 17.5 Å². The molecule has 0 atom stereocenters. The van der Waals surface area contributed by atoms with E-state index in [1.165, 1.54) is 0 Å². The molecule has 0 N–H and O–H groups in total. The zero-order valence-electron chi connectivity index (χ0n) is 27.8. The predicted octanol–water partition coefficient (Wildman–Crippen LogP) is 10.1.